The van der Waals surface area contributed by atoms with E-state index in [-0.39, 0.29) is 24.9 Å². The van der Waals surface area contributed by atoms with Crippen molar-refractivity contribution in [1.82, 2.24) is 5.32 Å². The van der Waals surface area contributed by atoms with Crippen LogP contribution in [0.5, 0.6) is 5.75 Å². The van der Waals surface area contributed by atoms with Crippen molar-refractivity contribution in [3.8, 4) is 5.75 Å². The summed E-state index contributed by atoms with van der Waals surface area (Å²) in [6.45, 7) is 0.0380. The lowest BCUT2D eigenvalue weighted by atomic mass is 10.3. The van der Waals surface area contributed by atoms with E-state index >= 15 is 0 Å². The molecule has 1 unspecified atom stereocenters. The van der Waals surface area contributed by atoms with Gasteiger partial charge in [-0.15, -0.1) is 0 Å². The molecule has 1 atom stereocenters. The van der Waals surface area contributed by atoms with Crippen LogP contribution in [-0.4, -0.2) is 30.3 Å². The number of carbonyl (C=O) groups is 1. The second-order valence-electron chi connectivity index (χ2n) is 4.51. The highest BCUT2D eigenvalue weighted by Gasteiger charge is 2.07. The summed E-state index contributed by atoms with van der Waals surface area (Å²) in [5.74, 6) is 0.306. The molecule has 1 aromatic carbocycles. The zero-order valence-corrected chi connectivity index (χ0v) is 11.7. The molecule has 1 amide bonds. The summed E-state index contributed by atoms with van der Waals surface area (Å²) in [7, 11) is 0. The van der Waals surface area contributed by atoms with E-state index in [1.54, 1.807) is 12.1 Å². The number of carbonyl (C=O) groups excluding carboxylic acids is 1. The molecule has 2 N–H and O–H groups in total. The van der Waals surface area contributed by atoms with Gasteiger partial charge in [-0.05, 0) is 42.5 Å². The number of hydrogen-bond donors (Lipinski definition) is 2. The van der Waals surface area contributed by atoms with Crippen LogP contribution >= 0.6 is 0 Å². The highest BCUT2D eigenvalue weighted by Crippen LogP contribution is 2.11. The zero-order valence-electron chi connectivity index (χ0n) is 11.7. The average molecular weight is 305 g/mol. The van der Waals surface area contributed by atoms with Gasteiger partial charge in [0, 0.05) is 12.6 Å². The van der Waals surface area contributed by atoms with E-state index < -0.39 is 6.10 Å². The monoisotopic (exact) mass is 305 g/mol. The number of amides is 1. The van der Waals surface area contributed by atoms with Crippen molar-refractivity contribution in [2.45, 2.75) is 6.10 Å². The van der Waals surface area contributed by atoms with E-state index in [1.807, 2.05) is 0 Å². The number of furan rings is 1. The summed E-state index contributed by atoms with van der Waals surface area (Å²) >= 11 is 0. The van der Waals surface area contributed by atoms with Crippen molar-refractivity contribution in [2.75, 3.05) is 13.2 Å². The summed E-state index contributed by atoms with van der Waals surface area (Å²) in [5.41, 5.74) is 0. The molecule has 1 heterocycles. The van der Waals surface area contributed by atoms with Crippen LogP contribution in [0.3, 0.4) is 0 Å². The van der Waals surface area contributed by atoms with Gasteiger partial charge in [0.1, 0.15) is 30.0 Å². The van der Waals surface area contributed by atoms with Crippen LogP contribution < -0.4 is 10.1 Å². The van der Waals surface area contributed by atoms with Crippen LogP contribution in [-0.2, 0) is 4.79 Å². The Kier molecular flexibility index (Phi) is 5.73. The lowest BCUT2D eigenvalue weighted by Crippen LogP contribution is -2.34. The van der Waals surface area contributed by atoms with Gasteiger partial charge in [0.25, 0.3) is 0 Å². The van der Waals surface area contributed by atoms with Crippen molar-refractivity contribution in [3.05, 3.63) is 60.3 Å². The molecular weight excluding hydrogens is 289 g/mol. The number of rotatable bonds is 7. The van der Waals surface area contributed by atoms with Crippen LogP contribution in [0, 0.1) is 5.82 Å². The minimum Gasteiger partial charge on any atom is -0.491 e. The Morgan fingerprint density at radius 3 is 2.82 bits per heavy atom. The fraction of sp³-hybridized carbons (Fsp3) is 0.188. The average Bonchev–Trinajstić information content (AvgIpc) is 3.04. The number of aliphatic hydroxyl groups is 1. The Balaban J connectivity index is 1.67. The molecule has 6 heteroatoms. The Bertz CT molecular complexity index is 608. The van der Waals surface area contributed by atoms with Crippen molar-refractivity contribution in [2.24, 2.45) is 0 Å². The molecule has 0 aliphatic heterocycles. The zero-order chi connectivity index (χ0) is 15.8. The van der Waals surface area contributed by atoms with Gasteiger partial charge in [0.05, 0.1) is 6.26 Å². The summed E-state index contributed by atoms with van der Waals surface area (Å²) in [4.78, 5) is 11.5. The van der Waals surface area contributed by atoms with Crippen molar-refractivity contribution in [3.63, 3.8) is 0 Å². The van der Waals surface area contributed by atoms with Gasteiger partial charge in [-0.3, -0.25) is 4.79 Å². The first kappa shape index (κ1) is 15.8. The second-order valence-corrected chi connectivity index (χ2v) is 4.51. The van der Waals surface area contributed by atoms with Gasteiger partial charge < -0.3 is 19.6 Å². The molecule has 22 heavy (non-hydrogen) atoms. The third kappa shape index (κ3) is 5.41. The molecule has 0 bridgehead atoms. The molecule has 2 rings (SSSR count). The summed E-state index contributed by atoms with van der Waals surface area (Å²) < 4.78 is 23.0. The van der Waals surface area contributed by atoms with Crippen LogP contribution in [0.4, 0.5) is 4.39 Å². The van der Waals surface area contributed by atoms with E-state index in [9.17, 15) is 14.3 Å². The molecule has 0 aliphatic carbocycles. The minimum absolute atomic E-state index is 0.00614. The summed E-state index contributed by atoms with van der Waals surface area (Å²) in [6, 6.07) is 8.90. The number of benzene rings is 1. The molecule has 2 aromatic rings. The van der Waals surface area contributed by atoms with E-state index in [1.165, 1.54) is 42.7 Å². The third-order valence-corrected chi connectivity index (χ3v) is 2.71. The lowest BCUT2D eigenvalue weighted by molar-refractivity contribution is -0.117. The van der Waals surface area contributed by atoms with Crippen LogP contribution in [0.2, 0.25) is 0 Å². The Hall–Kier alpha value is -2.60. The highest BCUT2D eigenvalue weighted by atomic mass is 19.1. The van der Waals surface area contributed by atoms with Gasteiger partial charge in [-0.1, -0.05) is 0 Å². The first-order valence-electron chi connectivity index (χ1n) is 6.69. The van der Waals surface area contributed by atoms with Crippen molar-refractivity contribution < 1.29 is 23.4 Å². The molecule has 0 saturated carbocycles. The first-order valence-corrected chi connectivity index (χ1v) is 6.69. The quantitative estimate of drug-likeness (QED) is 0.767. The molecule has 0 aliphatic rings. The van der Waals surface area contributed by atoms with Gasteiger partial charge in [0.2, 0.25) is 5.91 Å². The van der Waals surface area contributed by atoms with Gasteiger partial charge >= 0.3 is 0 Å². The van der Waals surface area contributed by atoms with E-state index in [2.05, 4.69) is 5.32 Å². The number of hydrogen-bond acceptors (Lipinski definition) is 4. The minimum atomic E-state index is -0.869. The summed E-state index contributed by atoms with van der Waals surface area (Å²) in [5, 5.41) is 12.2. The highest BCUT2D eigenvalue weighted by molar-refractivity contribution is 5.91. The maximum Gasteiger partial charge on any atom is 0.244 e. The molecule has 116 valence electrons. The molecule has 0 spiro atoms. The fourth-order valence-electron chi connectivity index (χ4n) is 1.60. The third-order valence-electron chi connectivity index (χ3n) is 2.71. The SMILES string of the molecule is O=C(/C=C/c1ccco1)NCC(O)COc1ccc(F)cc1. The fourth-order valence-corrected chi connectivity index (χ4v) is 1.60. The predicted octanol–water partition coefficient (Wildman–Crippen LogP) is 1.99. The molecule has 0 saturated heterocycles. The number of ether oxygens (including phenoxy) is 1. The van der Waals surface area contributed by atoms with E-state index in [0.29, 0.717) is 11.5 Å². The van der Waals surface area contributed by atoms with E-state index in [4.69, 9.17) is 9.15 Å². The molecule has 5 nitrogen and oxygen atoms in total. The molecule has 0 radical (unpaired) electrons. The molecular formula is C16H16FNO4. The maximum absolute atomic E-state index is 12.7. The Morgan fingerprint density at radius 2 is 2.14 bits per heavy atom. The number of nitrogens with one attached hydrogen (secondary N) is 1. The van der Waals surface area contributed by atoms with Gasteiger partial charge in [-0.25, -0.2) is 4.39 Å². The van der Waals surface area contributed by atoms with Gasteiger partial charge in [-0.2, -0.15) is 0 Å². The largest absolute Gasteiger partial charge is 0.491 e. The van der Waals surface area contributed by atoms with Crippen LogP contribution in [0.25, 0.3) is 6.08 Å². The number of halogens is 1. The van der Waals surface area contributed by atoms with Crippen molar-refractivity contribution >= 4 is 12.0 Å². The number of aliphatic hydroxyl groups excluding tert-OH is 1. The predicted molar refractivity (Wildman–Crippen MR) is 78.7 cm³/mol. The van der Waals surface area contributed by atoms with Crippen LogP contribution in [0.15, 0.2) is 53.2 Å². The first-order chi connectivity index (χ1) is 10.6. The lowest BCUT2D eigenvalue weighted by Gasteiger charge is -2.12. The second kappa shape index (κ2) is 7.99. The van der Waals surface area contributed by atoms with Crippen molar-refractivity contribution in [1.29, 1.82) is 0 Å². The van der Waals surface area contributed by atoms with Gasteiger partial charge in [0.15, 0.2) is 0 Å². The maximum atomic E-state index is 12.7. The van der Waals surface area contributed by atoms with E-state index in [0.717, 1.165) is 0 Å². The summed E-state index contributed by atoms with van der Waals surface area (Å²) in [6.07, 6.45) is 3.48. The topological polar surface area (TPSA) is 71.7 Å². The standard InChI is InChI=1S/C16H16FNO4/c17-12-3-5-15(6-4-12)22-11-13(19)10-18-16(20)8-7-14-2-1-9-21-14/h1-9,13,19H,10-11H2,(H,18,20)/b8-7+. The Labute approximate surface area is 127 Å². The Morgan fingerprint density at radius 1 is 1.36 bits per heavy atom. The normalized spacial score (nSPS) is 12.3. The molecule has 1 aromatic heterocycles. The van der Waals surface area contributed by atoms with Crippen LogP contribution in [0.1, 0.15) is 5.76 Å². The smallest absolute Gasteiger partial charge is 0.244 e. The molecule has 0 fully saturated rings.